The number of rotatable bonds is 5. The molecular weight excluding hydrogens is 224 g/mol. The maximum Gasteiger partial charge on any atom is 0.187 e. The topological polar surface area (TPSA) is 58.9 Å². The second kappa shape index (κ2) is 6.12. The van der Waals surface area contributed by atoms with Crippen molar-refractivity contribution in [1.82, 2.24) is 0 Å². The lowest BCUT2D eigenvalue weighted by Gasteiger charge is -2.38. The summed E-state index contributed by atoms with van der Waals surface area (Å²) in [4.78, 5) is 0. The lowest BCUT2D eigenvalue weighted by Crippen LogP contribution is -2.46. The summed E-state index contributed by atoms with van der Waals surface area (Å²) in [6.07, 6.45) is 1.87. The highest BCUT2D eigenvalue weighted by molar-refractivity contribution is 6.71. The minimum absolute atomic E-state index is 0.0848. The smallest absolute Gasteiger partial charge is 0.187 e. The van der Waals surface area contributed by atoms with Crippen LogP contribution >= 0.6 is 0 Å². The van der Waals surface area contributed by atoms with Gasteiger partial charge in [-0.2, -0.15) is 0 Å². The van der Waals surface area contributed by atoms with Crippen molar-refractivity contribution in [2.75, 3.05) is 6.61 Å². The highest BCUT2D eigenvalue weighted by Gasteiger charge is 2.35. The zero-order valence-corrected chi connectivity index (χ0v) is 11.5. The second-order valence-corrected chi connectivity index (χ2v) is 9.28. The maximum absolute atomic E-state index is 9.30. The molecule has 1 heterocycles. The number of ether oxygens (including phenoxy) is 1. The van der Waals surface area contributed by atoms with E-state index in [2.05, 4.69) is 13.1 Å². The Hall–Kier alpha value is 0.0569. The third kappa shape index (κ3) is 4.14. The highest BCUT2D eigenvalue weighted by atomic mass is 28.4. The first-order valence-electron chi connectivity index (χ1n) is 6.10. The molecule has 1 aliphatic rings. The molecule has 3 atom stereocenters. The Kier molecular flexibility index (Phi) is 5.40. The Morgan fingerprint density at radius 2 is 2.19 bits per heavy atom. The molecule has 2 N–H and O–H groups in total. The van der Waals surface area contributed by atoms with Crippen molar-refractivity contribution < 1.29 is 19.4 Å². The molecule has 4 nitrogen and oxygen atoms in total. The molecule has 0 aliphatic carbocycles. The van der Waals surface area contributed by atoms with Crippen molar-refractivity contribution in [2.45, 2.75) is 63.8 Å². The van der Waals surface area contributed by atoms with Gasteiger partial charge in [-0.3, -0.25) is 0 Å². The first-order valence-corrected chi connectivity index (χ1v) is 9.22. The molecule has 1 aliphatic heterocycles. The van der Waals surface area contributed by atoms with Gasteiger partial charge in [-0.05, 0) is 32.0 Å². The zero-order chi connectivity index (χ0) is 12.2. The van der Waals surface area contributed by atoms with Gasteiger partial charge < -0.3 is 19.4 Å². The van der Waals surface area contributed by atoms with Crippen molar-refractivity contribution in [3.63, 3.8) is 0 Å². The van der Waals surface area contributed by atoms with E-state index in [1.807, 2.05) is 6.92 Å². The average molecular weight is 248 g/mol. The fourth-order valence-electron chi connectivity index (χ4n) is 2.21. The summed E-state index contributed by atoms with van der Waals surface area (Å²) in [5.74, 6) is 0. The fourth-order valence-corrected chi connectivity index (χ4v) is 4.47. The molecule has 0 radical (unpaired) electrons. The summed E-state index contributed by atoms with van der Waals surface area (Å²) < 4.78 is 11.5. The van der Waals surface area contributed by atoms with Crippen LogP contribution in [0.1, 0.15) is 26.2 Å². The molecule has 0 aromatic rings. The normalized spacial score (nSPS) is 28.7. The molecule has 0 saturated carbocycles. The summed E-state index contributed by atoms with van der Waals surface area (Å²) in [6, 6.07) is 1.20. The molecule has 0 aromatic carbocycles. The van der Waals surface area contributed by atoms with Crippen molar-refractivity contribution in [3.05, 3.63) is 0 Å². The van der Waals surface area contributed by atoms with Crippen LogP contribution in [0.25, 0.3) is 0 Å². The molecule has 0 aromatic heterocycles. The van der Waals surface area contributed by atoms with Crippen LogP contribution < -0.4 is 0 Å². The number of aliphatic hydroxyl groups is 2. The van der Waals surface area contributed by atoms with E-state index in [9.17, 15) is 5.11 Å². The predicted octanol–water partition coefficient (Wildman–Crippen LogP) is 1.48. The maximum atomic E-state index is 9.30. The van der Waals surface area contributed by atoms with Gasteiger partial charge in [0, 0.05) is 0 Å². The summed E-state index contributed by atoms with van der Waals surface area (Å²) in [5.41, 5.74) is 0. The molecule has 16 heavy (non-hydrogen) atoms. The minimum Gasteiger partial charge on any atom is -0.412 e. The highest BCUT2D eigenvalue weighted by Crippen LogP contribution is 2.29. The molecule has 0 bridgehead atoms. The summed E-state index contributed by atoms with van der Waals surface area (Å²) in [5, 5.41) is 18.1. The monoisotopic (exact) mass is 248 g/mol. The largest absolute Gasteiger partial charge is 0.412 e. The lowest BCUT2D eigenvalue weighted by molar-refractivity contribution is -0.180. The van der Waals surface area contributed by atoms with Crippen molar-refractivity contribution >= 4 is 8.32 Å². The van der Waals surface area contributed by atoms with Crippen LogP contribution in [0.15, 0.2) is 0 Å². The van der Waals surface area contributed by atoms with E-state index in [-0.39, 0.29) is 18.8 Å². The summed E-state index contributed by atoms with van der Waals surface area (Å²) >= 11 is 0. The van der Waals surface area contributed by atoms with Gasteiger partial charge in [-0.1, -0.05) is 13.3 Å². The van der Waals surface area contributed by atoms with E-state index >= 15 is 0 Å². The van der Waals surface area contributed by atoms with Gasteiger partial charge in [0.2, 0.25) is 0 Å². The van der Waals surface area contributed by atoms with Crippen LogP contribution in [0.2, 0.25) is 19.1 Å². The van der Waals surface area contributed by atoms with Crippen LogP contribution in [-0.4, -0.2) is 43.6 Å². The van der Waals surface area contributed by atoms with Gasteiger partial charge >= 0.3 is 0 Å². The van der Waals surface area contributed by atoms with Crippen LogP contribution in [-0.2, 0) is 9.16 Å². The first-order chi connectivity index (χ1) is 7.48. The second-order valence-electron chi connectivity index (χ2n) is 5.03. The van der Waals surface area contributed by atoms with Gasteiger partial charge in [0.05, 0.1) is 18.8 Å². The Morgan fingerprint density at radius 1 is 1.50 bits per heavy atom. The SMILES string of the molecule is CCC(OC(O)CO)C1CCC[Si](C)(C)O1. The molecule has 1 saturated heterocycles. The van der Waals surface area contributed by atoms with Crippen LogP contribution in [0, 0.1) is 0 Å². The van der Waals surface area contributed by atoms with Crippen molar-refractivity contribution in [2.24, 2.45) is 0 Å². The number of aliphatic hydroxyl groups excluding tert-OH is 2. The molecule has 96 valence electrons. The lowest BCUT2D eigenvalue weighted by atomic mass is 10.1. The van der Waals surface area contributed by atoms with E-state index in [0.717, 1.165) is 12.8 Å². The van der Waals surface area contributed by atoms with E-state index < -0.39 is 14.6 Å². The standard InChI is InChI=1S/C11H24O4Si/c1-4-9(14-11(13)8-12)10-6-5-7-16(2,3)15-10/h9-13H,4-8H2,1-3H3. The average Bonchev–Trinajstić information content (AvgIpc) is 2.24. The minimum atomic E-state index is -1.52. The number of hydrogen-bond donors (Lipinski definition) is 2. The predicted molar refractivity (Wildman–Crippen MR) is 64.7 cm³/mol. The van der Waals surface area contributed by atoms with Gasteiger partial charge in [0.15, 0.2) is 14.6 Å². The molecule has 0 spiro atoms. The van der Waals surface area contributed by atoms with E-state index in [0.29, 0.717) is 0 Å². The quantitative estimate of drug-likeness (QED) is 0.571. The Morgan fingerprint density at radius 3 is 2.69 bits per heavy atom. The molecule has 3 unspecified atom stereocenters. The first kappa shape index (κ1) is 14.1. The van der Waals surface area contributed by atoms with Crippen LogP contribution in [0.3, 0.4) is 0 Å². The van der Waals surface area contributed by atoms with Gasteiger partial charge in [0.1, 0.15) is 0 Å². The van der Waals surface area contributed by atoms with Crippen molar-refractivity contribution in [1.29, 1.82) is 0 Å². The van der Waals surface area contributed by atoms with Crippen LogP contribution in [0.4, 0.5) is 0 Å². The molecule has 1 fully saturated rings. The van der Waals surface area contributed by atoms with E-state index in [1.165, 1.54) is 12.5 Å². The Bertz CT molecular complexity index is 210. The molecule has 5 heteroatoms. The summed E-state index contributed by atoms with van der Waals surface area (Å²) in [6.45, 7) is 6.09. The molecule has 1 rings (SSSR count). The van der Waals surface area contributed by atoms with Gasteiger partial charge in [0.25, 0.3) is 0 Å². The third-order valence-corrected chi connectivity index (χ3v) is 5.54. The third-order valence-electron chi connectivity index (χ3n) is 3.04. The molecule has 0 amide bonds. The van der Waals surface area contributed by atoms with Crippen molar-refractivity contribution in [3.8, 4) is 0 Å². The van der Waals surface area contributed by atoms with E-state index in [1.54, 1.807) is 0 Å². The fraction of sp³-hybridized carbons (Fsp3) is 1.00. The number of hydrogen-bond acceptors (Lipinski definition) is 4. The van der Waals surface area contributed by atoms with Crippen LogP contribution in [0.5, 0.6) is 0 Å². The Labute approximate surface area is 98.7 Å². The van der Waals surface area contributed by atoms with Gasteiger partial charge in [-0.25, -0.2) is 0 Å². The summed E-state index contributed by atoms with van der Waals surface area (Å²) in [7, 11) is -1.52. The van der Waals surface area contributed by atoms with Gasteiger partial charge in [-0.15, -0.1) is 0 Å². The van der Waals surface area contributed by atoms with E-state index in [4.69, 9.17) is 14.3 Å². The zero-order valence-electron chi connectivity index (χ0n) is 10.5. The molecular formula is C11H24O4Si. The Balaban J connectivity index is 2.51.